The molecule has 0 bridgehead atoms. The van der Waals surface area contributed by atoms with Gasteiger partial charge in [-0.2, -0.15) is 4.98 Å². The quantitative estimate of drug-likeness (QED) is 0.836. The van der Waals surface area contributed by atoms with E-state index in [4.69, 9.17) is 4.52 Å². The average molecular weight is 345 g/mol. The minimum Gasteiger partial charge on any atom is -0.341 e. The number of carbonyl (C=O) groups is 1. The summed E-state index contributed by atoms with van der Waals surface area (Å²) in [5.41, 5.74) is 0.533. The van der Waals surface area contributed by atoms with Crippen LogP contribution in [0.2, 0.25) is 0 Å². The number of aryl methyl sites for hydroxylation is 1. The standard InChI is InChI=1S/C17H20FN5O2/c1-11-20-16(25-21-11)14-7-23(12(2)24)10-17(14)8-22(9-17)6-13-3-4-19-5-15(13)18/h3-5,14H,6-10H2,1-2H3. The van der Waals surface area contributed by atoms with Gasteiger partial charge in [0.25, 0.3) is 0 Å². The van der Waals surface area contributed by atoms with E-state index in [0.717, 1.165) is 13.1 Å². The lowest BCUT2D eigenvalue weighted by molar-refractivity contribution is -0.128. The van der Waals surface area contributed by atoms with E-state index < -0.39 is 0 Å². The van der Waals surface area contributed by atoms with Gasteiger partial charge in [0.2, 0.25) is 11.8 Å². The number of hydrogen-bond donors (Lipinski definition) is 0. The molecule has 0 radical (unpaired) electrons. The van der Waals surface area contributed by atoms with Gasteiger partial charge in [-0.15, -0.1) is 0 Å². The topological polar surface area (TPSA) is 75.4 Å². The van der Waals surface area contributed by atoms with Crippen LogP contribution >= 0.6 is 0 Å². The molecule has 8 heteroatoms. The van der Waals surface area contributed by atoms with Crippen LogP contribution in [0.25, 0.3) is 0 Å². The molecule has 0 aromatic carbocycles. The zero-order valence-electron chi connectivity index (χ0n) is 14.3. The van der Waals surface area contributed by atoms with Crippen molar-refractivity contribution >= 4 is 5.91 Å². The molecule has 0 N–H and O–H groups in total. The maximum atomic E-state index is 13.8. The van der Waals surface area contributed by atoms with Crippen LogP contribution in [0.1, 0.15) is 30.1 Å². The zero-order valence-corrected chi connectivity index (χ0v) is 14.3. The summed E-state index contributed by atoms with van der Waals surface area (Å²) in [6.07, 6.45) is 2.84. The Morgan fingerprint density at radius 2 is 2.24 bits per heavy atom. The molecule has 132 valence electrons. The first-order valence-electron chi connectivity index (χ1n) is 8.33. The zero-order chi connectivity index (χ0) is 17.6. The predicted molar refractivity (Wildman–Crippen MR) is 85.9 cm³/mol. The first kappa shape index (κ1) is 16.1. The van der Waals surface area contributed by atoms with E-state index in [9.17, 15) is 9.18 Å². The molecule has 25 heavy (non-hydrogen) atoms. The van der Waals surface area contributed by atoms with Crippen LogP contribution in [-0.4, -0.2) is 57.0 Å². The van der Waals surface area contributed by atoms with E-state index in [1.54, 1.807) is 26.1 Å². The molecule has 1 spiro atoms. The molecule has 0 aliphatic carbocycles. The van der Waals surface area contributed by atoms with Gasteiger partial charge in [-0.3, -0.25) is 14.7 Å². The van der Waals surface area contributed by atoms with Gasteiger partial charge in [-0.05, 0) is 13.0 Å². The number of halogens is 1. The van der Waals surface area contributed by atoms with Gasteiger partial charge >= 0.3 is 0 Å². The second-order valence-electron chi connectivity index (χ2n) is 7.11. The molecular formula is C17H20FN5O2. The highest BCUT2D eigenvalue weighted by molar-refractivity contribution is 5.74. The van der Waals surface area contributed by atoms with Gasteiger partial charge in [0.15, 0.2) is 5.82 Å². The monoisotopic (exact) mass is 345 g/mol. The summed E-state index contributed by atoms with van der Waals surface area (Å²) >= 11 is 0. The van der Waals surface area contributed by atoms with Crippen LogP contribution in [0.15, 0.2) is 23.0 Å². The van der Waals surface area contributed by atoms with Gasteiger partial charge in [0, 0.05) is 56.8 Å². The second-order valence-corrected chi connectivity index (χ2v) is 7.11. The molecule has 2 aliphatic heterocycles. The molecule has 2 aromatic rings. The minimum absolute atomic E-state index is 0.0242. The predicted octanol–water partition coefficient (Wildman–Crippen LogP) is 1.36. The lowest BCUT2D eigenvalue weighted by Gasteiger charge is -2.50. The Hall–Kier alpha value is -2.35. The highest BCUT2D eigenvalue weighted by atomic mass is 19.1. The molecule has 2 fully saturated rings. The number of amides is 1. The Bertz CT molecular complexity index is 802. The van der Waals surface area contributed by atoms with E-state index in [-0.39, 0.29) is 23.1 Å². The Balaban J connectivity index is 1.52. The molecule has 4 rings (SSSR count). The van der Waals surface area contributed by atoms with Crippen LogP contribution in [0.4, 0.5) is 4.39 Å². The van der Waals surface area contributed by atoms with E-state index in [1.807, 2.05) is 4.90 Å². The van der Waals surface area contributed by atoms with Crippen LogP contribution in [0, 0.1) is 18.2 Å². The summed E-state index contributed by atoms with van der Waals surface area (Å²) in [4.78, 5) is 24.1. The second kappa shape index (κ2) is 5.87. The average Bonchev–Trinajstić information content (AvgIpc) is 3.13. The fourth-order valence-corrected chi connectivity index (χ4v) is 4.05. The molecule has 2 saturated heterocycles. The first-order chi connectivity index (χ1) is 12.0. The maximum absolute atomic E-state index is 13.8. The molecule has 1 unspecified atom stereocenters. The number of carbonyl (C=O) groups excluding carboxylic acids is 1. The summed E-state index contributed by atoms with van der Waals surface area (Å²) in [6.45, 7) is 6.70. The van der Waals surface area contributed by atoms with Gasteiger partial charge in [0.1, 0.15) is 5.82 Å². The van der Waals surface area contributed by atoms with E-state index >= 15 is 0 Å². The van der Waals surface area contributed by atoms with Crippen LogP contribution in [0.3, 0.4) is 0 Å². The van der Waals surface area contributed by atoms with Gasteiger partial charge in [0.05, 0.1) is 12.1 Å². The summed E-state index contributed by atoms with van der Waals surface area (Å²) in [6, 6.07) is 1.70. The van der Waals surface area contributed by atoms with E-state index in [0.29, 0.717) is 36.9 Å². The highest BCUT2D eigenvalue weighted by Crippen LogP contribution is 2.49. The third kappa shape index (κ3) is 2.80. The number of pyridine rings is 1. The number of nitrogens with zero attached hydrogens (tertiary/aromatic N) is 5. The molecule has 7 nitrogen and oxygen atoms in total. The molecule has 2 aliphatic rings. The number of likely N-dealkylation sites (tertiary alicyclic amines) is 2. The first-order valence-corrected chi connectivity index (χ1v) is 8.33. The lowest BCUT2D eigenvalue weighted by atomic mass is 9.71. The van der Waals surface area contributed by atoms with Crippen molar-refractivity contribution in [3.05, 3.63) is 41.6 Å². The van der Waals surface area contributed by atoms with Crippen molar-refractivity contribution in [1.29, 1.82) is 0 Å². The fraction of sp³-hybridized carbons (Fsp3) is 0.529. The maximum Gasteiger partial charge on any atom is 0.232 e. The van der Waals surface area contributed by atoms with Crippen molar-refractivity contribution in [2.24, 2.45) is 5.41 Å². The largest absolute Gasteiger partial charge is 0.341 e. The molecule has 0 saturated carbocycles. The Kier molecular flexibility index (Phi) is 3.79. The Morgan fingerprint density at radius 3 is 2.88 bits per heavy atom. The smallest absolute Gasteiger partial charge is 0.232 e. The Morgan fingerprint density at radius 1 is 1.44 bits per heavy atom. The van der Waals surface area contributed by atoms with Crippen molar-refractivity contribution in [3.8, 4) is 0 Å². The normalized spacial score (nSPS) is 22.4. The summed E-state index contributed by atoms with van der Waals surface area (Å²) < 4.78 is 19.2. The van der Waals surface area contributed by atoms with Crippen molar-refractivity contribution in [2.75, 3.05) is 26.2 Å². The van der Waals surface area contributed by atoms with Crippen LogP contribution < -0.4 is 0 Å². The van der Waals surface area contributed by atoms with Gasteiger partial charge in [-0.25, -0.2) is 4.39 Å². The van der Waals surface area contributed by atoms with Gasteiger partial charge in [-0.1, -0.05) is 5.16 Å². The van der Waals surface area contributed by atoms with Gasteiger partial charge < -0.3 is 9.42 Å². The fourth-order valence-electron chi connectivity index (χ4n) is 4.05. The third-order valence-electron chi connectivity index (χ3n) is 5.26. The molecular weight excluding hydrogens is 325 g/mol. The number of rotatable bonds is 3. The third-order valence-corrected chi connectivity index (χ3v) is 5.26. The Labute approximate surface area is 144 Å². The summed E-state index contributed by atoms with van der Waals surface area (Å²) in [7, 11) is 0. The number of aromatic nitrogens is 3. The van der Waals surface area contributed by atoms with E-state index in [1.165, 1.54) is 6.20 Å². The van der Waals surface area contributed by atoms with E-state index in [2.05, 4.69) is 20.0 Å². The molecule has 1 atom stereocenters. The van der Waals surface area contributed by atoms with Crippen molar-refractivity contribution < 1.29 is 13.7 Å². The van der Waals surface area contributed by atoms with Crippen LogP contribution in [-0.2, 0) is 11.3 Å². The number of hydrogen-bond acceptors (Lipinski definition) is 6. The molecule has 4 heterocycles. The minimum atomic E-state index is -0.288. The van der Waals surface area contributed by atoms with Crippen molar-refractivity contribution in [2.45, 2.75) is 26.3 Å². The van der Waals surface area contributed by atoms with Crippen molar-refractivity contribution in [1.82, 2.24) is 24.9 Å². The summed E-state index contributed by atoms with van der Waals surface area (Å²) in [5.74, 6) is 0.981. The molecule has 1 amide bonds. The SMILES string of the molecule is CC(=O)N1CC(c2nc(C)no2)C2(CN(Cc3ccncc3F)C2)C1. The van der Waals surface area contributed by atoms with Crippen LogP contribution in [0.5, 0.6) is 0 Å². The molecule has 2 aromatic heterocycles. The van der Waals surface area contributed by atoms with Crippen molar-refractivity contribution in [3.63, 3.8) is 0 Å². The highest BCUT2D eigenvalue weighted by Gasteiger charge is 2.57. The summed E-state index contributed by atoms with van der Waals surface area (Å²) in [5, 5.41) is 3.89. The lowest BCUT2D eigenvalue weighted by Crippen LogP contribution is -2.59.